The Bertz CT molecular complexity index is 1950. The normalized spacial score (nSPS) is 34.7. The number of benzene rings is 2. The Kier molecular flexibility index (Phi) is 7.55. The third-order valence-corrected chi connectivity index (χ3v) is 11.8. The van der Waals surface area contributed by atoms with E-state index in [4.69, 9.17) is 23.4 Å². The van der Waals surface area contributed by atoms with Gasteiger partial charge in [-0.25, -0.2) is 14.0 Å². The number of halogens is 1. The summed E-state index contributed by atoms with van der Waals surface area (Å²) in [6.07, 6.45) is 1.84. The fourth-order valence-electron chi connectivity index (χ4n) is 9.46. The van der Waals surface area contributed by atoms with Crippen LogP contribution in [-0.4, -0.2) is 40.5 Å². The molecule has 49 heavy (non-hydrogen) atoms. The summed E-state index contributed by atoms with van der Waals surface area (Å²) in [6, 6.07) is 20.5. The van der Waals surface area contributed by atoms with Gasteiger partial charge in [-0.15, -0.1) is 0 Å². The van der Waals surface area contributed by atoms with Gasteiger partial charge in [0.2, 0.25) is 0 Å². The fraction of sp³-hybridized carbons (Fsp3) is 0.410. The van der Waals surface area contributed by atoms with Crippen molar-refractivity contribution in [2.75, 3.05) is 6.61 Å². The van der Waals surface area contributed by atoms with Crippen LogP contribution in [0.3, 0.4) is 0 Å². The fourth-order valence-corrected chi connectivity index (χ4v) is 9.46. The van der Waals surface area contributed by atoms with E-state index < -0.39 is 58.3 Å². The predicted octanol–water partition coefficient (Wildman–Crippen LogP) is 6.81. The summed E-state index contributed by atoms with van der Waals surface area (Å²) in [6.45, 7) is 6.41. The van der Waals surface area contributed by atoms with Gasteiger partial charge in [0.25, 0.3) is 0 Å². The molecule has 2 aromatic heterocycles. The van der Waals surface area contributed by atoms with Crippen molar-refractivity contribution in [3.05, 3.63) is 118 Å². The number of esters is 1. The highest BCUT2D eigenvalue weighted by atomic mass is 19.1. The van der Waals surface area contributed by atoms with E-state index in [1.807, 2.05) is 37.3 Å². The van der Waals surface area contributed by atoms with Crippen molar-refractivity contribution in [2.24, 2.45) is 22.7 Å². The van der Waals surface area contributed by atoms with Gasteiger partial charge in [0.1, 0.15) is 34.6 Å². The first-order valence-electron chi connectivity index (χ1n) is 16.8. The number of carbonyl (C=O) groups excluding carboxylic acids is 1. The van der Waals surface area contributed by atoms with E-state index in [0.717, 1.165) is 5.56 Å². The van der Waals surface area contributed by atoms with Crippen LogP contribution in [0.5, 0.6) is 5.75 Å². The molecule has 1 saturated heterocycles. The molecule has 4 aromatic rings. The summed E-state index contributed by atoms with van der Waals surface area (Å²) >= 11 is 0. The zero-order chi connectivity index (χ0) is 34.1. The Morgan fingerprint density at radius 1 is 1.02 bits per heavy atom. The SMILES string of the molecule is CC12COC(c3ccccc3)O[C@H]1CC[C@@]1(C)C2C[C@H](OC(=O)c2ccccc2F)[C@@]2(C)Oc3cc(-c4cccnc4)oc(=O)c3[C@H](O)C12. The Hall–Kier alpha value is -4.38. The molecule has 2 aromatic carbocycles. The van der Waals surface area contributed by atoms with Gasteiger partial charge in [-0.1, -0.05) is 56.3 Å². The molecule has 0 amide bonds. The van der Waals surface area contributed by atoms with E-state index in [1.165, 1.54) is 18.2 Å². The highest BCUT2D eigenvalue weighted by molar-refractivity contribution is 5.89. The lowest BCUT2D eigenvalue weighted by Crippen LogP contribution is -2.72. The topological polar surface area (TPSA) is 117 Å². The maximum absolute atomic E-state index is 14.9. The number of fused-ring (bicyclic) bond motifs is 6. The van der Waals surface area contributed by atoms with Gasteiger partial charge < -0.3 is 28.5 Å². The molecule has 9 nitrogen and oxygen atoms in total. The molecule has 254 valence electrons. The molecule has 2 aliphatic carbocycles. The maximum atomic E-state index is 14.9. The average molecular weight is 668 g/mol. The summed E-state index contributed by atoms with van der Waals surface area (Å²) in [5.41, 5.74) is -1.91. The van der Waals surface area contributed by atoms with Crippen molar-refractivity contribution in [3.8, 4) is 17.1 Å². The molecule has 8 rings (SSSR count). The van der Waals surface area contributed by atoms with Gasteiger partial charge in [0.05, 0.1) is 24.4 Å². The smallest absolute Gasteiger partial charge is 0.345 e. The molecule has 4 aliphatic rings. The van der Waals surface area contributed by atoms with Crippen LogP contribution in [0.4, 0.5) is 4.39 Å². The number of carbonyl (C=O) groups is 1. The van der Waals surface area contributed by atoms with E-state index in [9.17, 15) is 19.1 Å². The third-order valence-electron chi connectivity index (χ3n) is 11.8. The minimum atomic E-state index is -1.32. The summed E-state index contributed by atoms with van der Waals surface area (Å²) in [5, 5.41) is 12.3. The number of nitrogens with zero attached hydrogens (tertiary/aromatic N) is 1. The van der Waals surface area contributed by atoms with Crippen molar-refractivity contribution in [1.82, 2.24) is 4.98 Å². The van der Waals surface area contributed by atoms with Crippen molar-refractivity contribution in [1.29, 1.82) is 0 Å². The Balaban J connectivity index is 1.22. The Labute approximate surface area is 283 Å². The first-order chi connectivity index (χ1) is 23.5. The summed E-state index contributed by atoms with van der Waals surface area (Å²) in [5.74, 6) is -2.10. The average Bonchev–Trinajstić information content (AvgIpc) is 3.09. The molecule has 0 bridgehead atoms. The number of rotatable bonds is 4. The number of hydrogen-bond acceptors (Lipinski definition) is 9. The van der Waals surface area contributed by atoms with Crippen LogP contribution in [0.15, 0.2) is 94.4 Å². The minimum absolute atomic E-state index is 0.0173. The van der Waals surface area contributed by atoms with Crippen molar-refractivity contribution >= 4 is 5.97 Å². The standard InChI is InChI=1S/C39H38FNO8/c1-37-16-15-29-38(2,21-45-36(48-29)22-10-5-4-6-11-22)28(37)19-30(47-34(43)24-13-7-8-14-25(24)40)39(3)33(37)32(42)31-27(49-39)18-26(46-35(31)44)23-12-9-17-41-20-23/h4-14,17-18,20,28-30,32-33,36,42H,15-16,19,21H2,1-3H3/t28?,29-,30-,32-,33?,36?,37-,38?,39+/m0/s1. The molecule has 2 aliphatic heterocycles. The van der Waals surface area contributed by atoms with Crippen LogP contribution >= 0.6 is 0 Å². The van der Waals surface area contributed by atoms with Gasteiger partial charge in [-0.3, -0.25) is 4.98 Å². The van der Waals surface area contributed by atoms with Crippen LogP contribution in [0.1, 0.15) is 73.9 Å². The first-order valence-corrected chi connectivity index (χ1v) is 16.8. The van der Waals surface area contributed by atoms with Crippen molar-refractivity contribution < 1.29 is 37.7 Å². The third kappa shape index (κ3) is 4.94. The van der Waals surface area contributed by atoms with Crippen LogP contribution in [0, 0.1) is 28.5 Å². The number of ether oxygens (including phenoxy) is 4. The lowest BCUT2D eigenvalue weighted by atomic mass is 9.42. The highest BCUT2D eigenvalue weighted by Crippen LogP contribution is 2.68. The molecule has 0 spiro atoms. The highest BCUT2D eigenvalue weighted by Gasteiger charge is 2.71. The largest absolute Gasteiger partial charge is 0.482 e. The van der Waals surface area contributed by atoms with Crippen LogP contribution in [0.25, 0.3) is 11.3 Å². The number of hydrogen-bond donors (Lipinski definition) is 1. The number of aliphatic hydroxyl groups excluding tert-OH is 1. The van der Waals surface area contributed by atoms with Gasteiger partial charge >= 0.3 is 11.6 Å². The monoisotopic (exact) mass is 667 g/mol. The van der Waals surface area contributed by atoms with Gasteiger partial charge in [0.15, 0.2) is 6.29 Å². The molecule has 4 heterocycles. The van der Waals surface area contributed by atoms with Crippen LogP contribution < -0.4 is 10.4 Å². The molecule has 1 N–H and O–H groups in total. The molecule has 0 radical (unpaired) electrons. The zero-order valence-electron chi connectivity index (χ0n) is 27.5. The summed E-state index contributed by atoms with van der Waals surface area (Å²) in [7, 11) is 0. The summed E-state index contributed by atoms with van der Waals surface area (Å²) < 4.78 is 46.7. The molecule has 3 fully saturated rings. The second-order valence-corrected chi connectivity index (χ2v) is 14.5. The second-order valence-electron chi connectivity index (χ2n) is 14.5. The van der Waals surface area contributed by atoms with Crippen molar-refractivity contribution in [3.63, 3.8) is 0 Å². The first kappa shape index (κ1) is 31.9. The van der Waals surface area contributed by atoms with E-state index in [0.29, 0.717) is 31.4 Å². The number of pyridine rings is 1. The predicted molar refractivity (Wildman–Crippen MR) is 175 cm³/mol. The lowest BCUT2D eigenvalue weighted by Gasteiger charge is -2.67. The van der Waals surface area contributed by atoms with Gasteiger partial charge in [-0.2, -0.15) is 0 Å². The summed E-state index contributed by atoms with van der Waals surface area (Å²) in [4.78, 5) is 31.5. The molecular weight excluding hydrogens is 629 g/mol. The van der Waals surface area contributed by atoms with E-state index >= 15 is 0 Å². The second kappa shape index (κ2) is 11.6. The zero-order valence-corrected chi connectivity index (χ0v) is 27.5. The molecular formula is C39H38FNO8. The van der Waals surface area contributed by atoms with Crippen LogP contribution in [0.2, 0.25) is 0 Å². The van der Waals surface area contributed by atoms with Crippen LogP contribution in [-0.2, 0) is 14.2 Å². The molecule has 2 saturated carbocycles. The lowest BCUT2D eigenvalue weighted by molar-refractivity contribution is -0.330. The molecule has 10 heteroatoms. The number of aromatic nitrogens is 1. The van der Waals surface area contributed by atoms with E-state index in [2.05, 4.69) is 18.8 Å². The quantitative estimate of drug-likeness (QED) is 0.234. The molecule has 4 unspecified atom stereocenters. The Morgan fingerprint density at radius 2 is 1.80 bits per heavy atom. The van der Waals surface area contributed by atoms with E-state index in [1.54, 1.807) is 36.7 Å². The Morgan fingerprint density at radius 3 is 2.55 bits per heavy atom. The van der Waals surface area contributed by atoms with Gasteiger partial charge in [0, 0.05) is 40.9 Å². The minimum Gasteiger partial charge on any atom is -0.482 e. The molecule has 9 atom stereocenters. The number of aliphatic hydroxyl groups is 1. The van der Waals surface area contributed by atoms with E-state index in [-0.39, 0.29) is 34.7 Å². The maximum Gasteiger partial charge on any atom is 0.345 e. The van der Waals surface area contributed by atoms with Gasteiger partial charge in [-0.05, 0) is 61.8 Å². The van der Waals surface area contributed by atoms with Crippen molar-refractivity contribution in [2.45, 2.75) is 70.2 Å².